The van der Waals surface area contributed by atoms with Crippen LogP contribution >= 0.6 is 0 Å². The molecule has 0 saturated heterocycles. The van der Waals surface area contributed by atoms with Crippen LogP contribution < -0.4 is 24.4 Å². The van der Waals surface area contributed by atoms with E-state index in [-0.39, 0.29) is 22.7 Å². The molecule has 2 aromatic rings. The summed E-state index contributed by atoms with van der Waals surface area (Å²) >= 11 is 0. The van der Waals surface area contributed by atoms with Crippen LogP contribution in [0, 0.1) is 0 Å². The Hall–Kier alpha value is -3.95. The number of nitrogens with zero attached hydrogens (tertiary/aromatic N) is 1. The van der Waals surface area contributed by atoms with Gasteiger partial charge in [0.05, 0.1) is 32.6 Å². The van der Waals surface area contributed by atoms with Gasteiger partial charge in [-0.2, -0.15) is 0 Å². The largest absolute Gasteiger partial charge is 0.496 e. The van der Waals surface area contributed by atoms with Crippen LogP contribution in [0.3, 0.4) is 0 Å². The maximum absolute atomic E-state index is 14.4. The third-order valence-electron chi connectivity index (χ3n) is 5.43. The van der Waals surface area contributed by atoms with Crippen molar-refractivity contribution in [2.24, 2.45) is 0 Å². The van der Waals surface area contributed by atoms with Crippen molar-refractivity contribution in [2.75, 3.05) is 26.2 Å². The zero-order chi connectivity index (χ0) is 27.8. The number of hydrogen-bond donors (Lipinski definition) is 1. The second kappa shape index (κ2) is 9.84. The fourth-order valence-corrected chi connectivity index (χ4v) is 4.12. The molecule has 3 rings (SSSR count). The van der Waals surface area contributed by atoms with Gasteiger partial charge in [0.15, 0.2) is 5.54 Å². The summed E-state index contributed by atoms with van der Waals surface area (Å²) in [6.07, 6.45) is -1.79. The van der Waals surface area contributed by atoms with Crippen molar-refractivity contribution in [1.82, 2.24) is 5.32 Å². The zero-order valence-electron chi connectivity index (χ0n) is 22.7. The first-order chi connectivity index (χ1) is 17.2. The van der Waals surface area contributed by atoms with Gasteiger partial charge < -0.3 is 23.7 Å². The number of imide groups is 1. The number of para-hydroxylation sites is 1. The van der Waals surface area contributed by atoms with Gasteiger partial charge in [0.25, 0.3) is 5.91 Å². The number of amides is 3. The van der Waals surface area contributed by atoms with Gasteiger partial charge in [-0.1, -0.05) is 18.2 Å². The quantitative estimate of drug-likeness (QED) is 0.608. The highest BCUT2D eigenvalue weighted by atomic mass is 16.6. The van der Waals surface area contributed by atoms with Gasteiger partial charge in [-0.3, -0.25) is 10.1 Å². The summed E-state index contributed by atoms with van der Waals surface area (Å²) in [5.41, 5.74) is -3.03. The number of ether oxygens (including phenoxy) is 5. The number of benzene rings is 2. The monoisotopic (exact) mass is 514 g/mol. The Labute approximate surface area is 216 Å². The average Bonchev–Trinajstić information content (AvgIpc) is 3.03. The van der Waals surface area contributed by atoms with Crippen molar-refractivity contribution in [2.45, 2.75) is 58.3 Å². The number of rotatable bonds is 5. The van der Waals surface area contributed by atoms with Crippen LogP contribution in [0.25, 0.3) is 0 Å². The van der Waals surface area contributed by atoms with Gasteiger partial charge in [0.1, 0.15) is 28.5 Å². The minimum absolute atomic E-state index is 0.160. The molecular weight excluding hydrogens is 480 g/mol. The van der Waals surface area contributed by atoms with Gasteiger partial charge in [-0.25, -0.2) is 14.5 Å². The number of carbonyl (C=O) groups is 3. The molecule has 10 nitrogen and oxygen atoms in total. The van der Waals surface area contributed by atoms with Crippen molar-refractivity contribution in [3.63, 3.8) is 0 Å². The molecule has 3 amide bonds. The normalized spacial score (nSPS) is 17.1. The molecule has 1 heterocycles. The van der Waals surface area contributed by atoms with Crippen LogP contribution in [0.5, 0.6) is 17.2 Å². The highest BCUT2D eigenvalue weighted by Gasteiger charge is 2.59. The Bertz CT molecular complexity index is 1190. The van der Waals surface area contributed by atoms with Gasteiger partial charge in [-0.15, -0.1) is 0 Å². The summed E-state index contributed by atoms with van der Waals surface area (Å²) in [6.45, 7) is 10.2. The lowest BCUT2D eigenvalue weighted by Gasteiger charge is -2.33. The van der Waals surface area contributed by atoms with Crippen LogP contribution in [-0.2, 0) is 19.8 Å². The number of carbonyl (C=O) groups excluding carboxylic acids is 3. The molecule has 1 atom stereocenters. The van der Waals surface area contributed by atoms with E-state index in [9.17, 15) is 14.4 Å². The summed E-state index contributed by atoms with van der Waals surface area (Å²) in [4.78, 5) is 41.9. The van der Waals surface area contributed by atoms with Crippen molar-refractivity contribution in [3.8, 4) is 17.2 Å². The van der Waals surface area contributed by atoms with Crippen LogP contribution in [0.15, 0.2) is 36.4 Å². The topological polar surface area (TPSA) is 113 Å². The fourth-order valence-electron chi connectivity index (χ4n) is 4.12. The maximum atomic E-state index is 14.4. The minimum atomic E-state index is -1.97. The van der Waals surface area contributed by atoms with E-state index < -0.39 is 34.8 Å². The predicted octanol–water partition coefficient (Wildman–Crippen LogP) is 4.76. The van der Waals surface area contributed by atoms with E-state index in [4.69, 9.17) is 23.7 Å². The standard InChI is InChI=1S/C27H34N2O8/c1-25(2,3)36-23(31)28-27(21-19(34-8)14-16(33-7)15-20(21)35-9)17-12-10-11-13-18(17)29(22(27)30)24(32)37-26(4,5)6/h10-15H,1-9H3,(H,28,31)/t27-/m1/s1. The lowest BCUT2D eigenvalue weighted by Crippen LogP contribution is -2.56. The molecule has 0 unspecified atom stereocenters. The average molecular weight is 515 g/mol. The zero-order valence-corrected chi connectivity index (χ0v) is 22.7. The molecule has 0 radical (unpaired) electrons. The van der Waals surface area contributed by atoms with Crippen molar-refractivity contribution < 1.29 is 38.1 Å². The molecular formula is C27H34N2O8. The molecule has 1 N–H and O–H groups in total. The third-order valence-corrected chi connectivity index (χ3v) is 5.43. The first-order valence-corrected chi connectivity index (χ1v) is 11.7. The molecule has 200 valence electrons. The van der Waals surface area contributed by atoms with Crippen LogP contribution in [-0.4, -0.2) is 50.6 Å². The van der Waals surface area contributed by atoms with E-state index in [0.717, 1.165) is 4.90 Å². The number of alkyl carbamates (subject to hydrolysis) is 1. The Balaban J connectivity index is 2.38. The number of anilines is 1. The minimum Gasteiger partial charge on any atom is -0.496 e. The summed E-state index contributed by atoms with van der Waals surface area (Å²) in [6, 6.07) is 9.72. The first kappa shape index (κ1) is 27.6. The van der Waals surface area contributed by atoms with Crippen molar-refractivity contribution in [3.05, 3.63) is 47.5 Å². The summed E-state index contributed by atoms with van der Waals surface area (Å²) in [5.74, 6) is -0.0360. The molecule has 0 bridgehead atoms. The van der Waals surface area contributed by atoms with Gasteiger partial charge >= 0.3 is 12.2 Å². The van der Waals surface area contributed by atoms with Gasteiger partial charge in [0.2, 0.25) is 0 Å². The molecule has 0 aromatic heterocycles. The lowest BCUT2D eigenvalue weighted by atomic mass is 9.82. The second-order valence-corrected chi connectivity index (χ2v) is 10.4. The molecule has 1 aliphatic rings. The Morgan fingerprint density at radius 2 is 1.38 bits per heavy atom. The van der Waals surface area contributed by atoms with Crippen molar-refractivity contribution in [1.29, 1.82) is 0 Å². The smallest absolute Gasteiger partial charge is 0.421 e. The predicted molar refractivity (Wildman–Crippen MR) is 136 cm³/mol. The molecule has 0 fully saturated rings. The molecule has 1 aliphatic heterocycles. The van der Waals surface area contributed by atoms with E-state index >= 15 is 0 Å². The number of nitrogens with one attached hydrogen (secondary N) is 1. The number of hydrogen-bond acceptors (Lipinski definition) is 8. The Kier molecular flexibility index (Phi) is 7.35. The van der Waals surface area contributed by atoms with Gasteiger partial charge in [0, 0.05) is 17.7 Å². The Morgan fingerprint density at radius 3 is 1.86 bits per heavy atom. The van der Waals surface area contributed by atoms with Crippen LogP contribution in [0.4, 0.5) is 15.3 Å². The van der Waals surface area contributed by atoms with E-state index in [1.807, 2.05) is 0 Å². The lowest BCUT2D eigenvalue weighted by molar-refractivity contribution is -0.122. The Morgan fingerprint density at radius 1 is 0.838 bits per heavy atom. The van der Waals surface area contributed by atoms with Gasteiger partial charge in [-0.05, 0) is 47.6 Å². The molecule has 10 heteroatoms. The van der Waals surface area contributed by atoms with Crippen LogP contribution in [0.2, 0.25) is 0 Å². The SMILES string of the molecule is COc1cc(OC)c([C@@]2(NC(=O)OC(C)(C)C)C(=O)N(C(=O)OC(C)(C)C)c3ccccc32)c(OC)c1. The van der Waals surface area contributed by atoms with E-state index in [1.54, 1.807) is 77.9 Å². The molecule has 0 spiro atoms. The molecule has 0 saturated carbocycles. The highest BCUT2D eigenvalue weighted by Crippen LogP contribution is 2.51. The van der Waals surface area contributed by atoms with E-state index in [1.165, 1.54) is 21.3 Å². The van der Waals surface area contributed by atoms with E-state index in [0.29, 0.717) is 11.3 Å². The summed E-state index contributed by atoms with van der Waals surface area (Å²) in [5, 5.41) is 2.74. The summed E-state index contributed by atoms with van der Waals surface area (Å²) in [7, 11) is 4.30. The third kappa shape index (κ3) is 5.28. The number of methoxy groups -OCH3 is 3. The summed E-state index contributed by atoms with van der Waals surface area (Å²) < 4.78 is 27.8. The highest BCUT2D eigenvalue weighted by molar-refractivity contribution is 6.23. The first-order valence-electron chi connectivity index (χ1n) is 11.7. The molecule has 0 aliphatic carbocycles. The van der Waals surface area contributed by atoms with E-state index in [2.05, 4.69) is 5.32 Å². The number of fused-ring (bicyclic) bond motifs is 1. The maximum Gasteiger partial charge on any atom is 0.421 e. The molecule has 2 aromatic carbocycles. The second-order valence-electron chi connectivity index (χ2n) is 10.4. The fraction of sp³-hybridized carbons (Fsp3) is 0.444. The van der Waals surface area contributed by atoms with Crippen LogP contribution in [0.1, 0.15) is 52.7 Å². The molecule has 37 heavy (non-hydrogen) atoms. The van der Waals surface area contributed by atoms with Crippen molar-refractivity contribution >= 4 is 23.8 Å².